The Morgan fingerprint density at radius 1 is 1.28 bits per heavy atom. The number of hydrogen-bond acceptors (Lipinski definition) is 5. The van der Waals surface area contributed by atoms with E-state index in [4.69, 9.17) is 9.84 Å². The molecule has 0 bridgehead atoms. The molecule has 2 rings (SSSR count). The van der Waals surface area contributed by atoms with Crippen molar-refractivity contribution in [3.8, 4) is 5.88 Å². The predicted molar refractivity (Wildman–Crippen MR) is 65.3 cm³/mol. The highest BCUT2D eigenvalue weighted by Gasteiger charge is 2.03. The summed E-state index contributed by atoms with van der Waals surface area (Å²) < 4.78 is 4.95. The van der Waals surface area contributed by atoms with Gasteiger partial charge in [-0.1, -0.05) is 0 Å². The van der Waals surface area contributed by atoms with Crippen LogP contribution in [0.4, 0.5) is 11.5 Å². The van der Waals surface area contributed by atoms with Crippen molar-refractivity contribution in [2.45, 2.75) is 0 Å². The third-order valence-corrected chi connectivity index (χ3v) is 2.23. The quantitative estimate of drug-likeness (QED) is 0.856. The number of methoxy groups -OCH3 is 1. The van der Waals surface area contributed by atoms with Gasteiger partial charge in [-0.2, -0.15) is 4.98 Å². The molecule has 0 radical (unpaired) electrons. The SMILES string of the molecule is COc1cncc(Nc2ccc(C(=O)O)cc2)n1. The van der Waals surface area contributed by atoms with E-state index in [1.807, 2.05) is 0 Å². The van der Waals surface area contributed by atoms with Crippen LogP contribution in [0.15, 0.2) is 36.7 Å². The van der Waals surface area contributed by atoms with Crippen LogP contribution in [0.2, 0.25) is 0 Å². The van der Waals surface area contributed by atoms with Crippen molar-refractivity contribution >= 4 is 17.5 Å². The van der Waals surface area contributed by atoms with Crippen molar-refractivity contribution in [2.24, 2.45) is 0 Å². The Hall–Kier alpha value is -2.63. The molecule has 1 aromatic carbocycles. The Morgan fingerprint density at radius 2 is 2.00 bits per heavy atom. The zero-order chi connectivity index (χ0) is 13.0. The van der Waals surface area contributed by atoms with E-state index >= 15 is 0 Å². The summed E-state index contributed by atoms with van der Waals surface area (Å²) in [6.07, 6.45) is 3.05. The van der Waals surface area contributed by atoms with Crippen molar-refractivity contribution in [1.29, 1.82) is 0 Å². The minimum atomic E-state index is -0.956. The van der Waals surface area contributed by atoms with Gasteiger partial charge >= 0.3 is 5.97 Å². The molecule has 2 N–H and O–H groups in total. The summed E-state index contributed by atoms with van der Waals surface area (Å²) in [6, 6.07) is 6.34. The van der Waals surface area contributed by atoms with Gasteiger partial charge in [0.1, 0.15) is 0 Å². The van der Waals surface area contributed by atoms with E-state index in [1.165, 1.54) is 25.4 Å². The third kappa shape index (κ3) is 2.73. The van der Waals surface area contributed by atoms with E-state index in [0.29, 0.717) is 11.7 Å². The fourth-order valence-electron chi connectivity index (χ4n) is 1.35. The van der Waals surface area contributed by atoms with E-state index in [0.717, 1.165) is 5.69 Å². The predicted octanol–water partition coefficient (Wildman–Crippen LogP) is 1.93. The van der Waals surface area contributed by atoms with Crippen LogP contribution >= 0.6 is 0 Å². The normalized spacial score (nSPS) is 9.83. The van der Waals surface area contributed by atoms with Crippen molar-refractivity contribution in [3.63, 3.8) is 0 Å². The van der Waals surface area contributed by atoms with Gasteiger partial charge in [0, 0.05) is 5.69 Å². The molecule has 6 heteroatoms. The van der Waals surface area contributed by atoms with Crippen molar-refractivity contribution < 1.29 is 14.6 Å². The van der Waals surface area contributed by atoms with Crippen molar-refractivity contribution in [1.82, 2.24) is 9.97 Å². The molecule has 92 valence electrons. The average Bonchev–Trinajstić information content (AvgIpc) is 2.39. The first-order chi connectivity index (χ1) is 8.69. The zero-order valence-electron chi connectivity index (χ0n) is 9.62. The van der Waals surface area contributed by atoms with Gasteiger partial charge in [-0.25, -0.2) is 4.79 Å². The summed E-state index contributed by atoms with van der Waals surface area (Å²) in [5, 5.41) is 11.8. The number of nitrogens with one attached hydrogen (secondary N) is 1. The van der Waals surface area contributed by atoms with Crippen LogP contribution in [-0.2, 0) is 0 Å². The topological polar surface area (TPSA) is 84.3 Å². The molecule has 1 aromatic heterocycles. The van der Waals surface area contributed by atoms with Gasteiger partial charge in [-0.3, -0.25) is 4.98 Å². The first-order valence-corrected chi connectivity index (χ1v) is 5.15. The number of hydrogen-bond donors (Lipinski definition) is 2. The lowest BCUT2D eigenvalue weighted by atomic mass is 10.2. The summed E-state index contributed by atoms with van der Waals surface area (Å²) >= 11 is 0. The first kappa shape index (κ1) is 11.8. The number of ether oxygens (including phenoxy) is 1. The number of carboxylic acids is 1. The second-order valence-corrected chi connectivity index (χ2v) is 3.45. The van der Waals surface area contributed by atoms with Crippen LogP contribution in [0.1, 0.15) is 10.4 Å². The molecule has 0 spiro atoms. The molecule has 0 unspecified atom stereocenters. The molecule has 0 saturated heterocycles. The highest BCUT2D eigenvalue weighted by molar-refractivity contribution is 5.88. The fourth-order valence-corrected chi connectivity index (χ4v) is 1.35. The lowest BCUT2D eigenvalue weighted by molar-refractivity contribution is 0.0697. The monoisotopic (exact) mass is 245 g/mol. The van der Waals surface area contributed by atoms with Gasteiger partial charge < -0.3 is 15.2 Å². The minimum Gasteiger partial charge on any atom is -0.480 e. The van der Waals surface area contributed by atoms with Crippen molar-refractivity contribution in [2.75, 3.05) is 12.4 Å². The number of aromatic nitrogens is 2. The number of benzene rings is 1. The number of carboxylic acid groups (broad SMARTS) is 1. The molecule has 0 aliphatic heterocycles. The van der Waals surface area contributed by atoms with E-state index in [-0.39, 0.29) is 5.56 Å². The number of rotatable bonds is 4. The molecule has 6 nitrogen and oxygen atoms in total. The maximum absolute atomic E-state index is 10.7. The summed E-state index contributed by atoms with van der Waals surface area (Å²) in [6.45, 7) is 0. The summed E-state index contributed by atoms with van der Waals surface area (Å²) in [5.41, 5.74) is 0.958. The molecule has 0 aliphatic carbocycles. The third-order valence-electron chi connectivity index (χ3n) is 2.23. The summed E-state index contributed by atoms with van der Waals surface area (Å²) in [4.78, 5) is 18.8. The molecule has 1 heterocycles. The van der Waals surface area contributed by atoms with Gasteiger partial charge in [-0.05, 0) is 24.3 Å². The van der Waals surface area contributed by atoms with E-state index in [2.05, 4.69) is 15.3 Å². The standard InChI is InChI=1S/C12H11N3O3/c1-18-11-7-13-6-10(15-11)14-9-4-2-8(3-5-9)12(16)17/h2-7H,1H3,(H,14,15)(H,16,17). The average molecular weight is 245 g/mol. The molecular formula is C12H11N3O3. The molecule has 0 fully saturated rings. The van der Waals surface area contributed by atoms with Gasteiger partial charge in [-0.15, -0.1) is 0 Å². The zero-order valence-corrected chi connectivity index (χ0v) is 9.62. The first-order valence-electron chi connectivity index (χ1n) is 5.15. The molecular weight excluding hydrogens is 234 g/mol. The Morgan fingerprint density at radius 3 is 2.61 bits per heavy atom. The molecule has 0 amide bonds. The fraction of sp³-hybridized carbons (Fsp3) is 0.0833. The van der Waals surface area contributed by atoms with Crippen LogP contribution in [0.3, 0.4) is 0 Å². The van der Waals surface area contributed by atoms with Crippen LogP contribution in [-0.4, -0.2) is 28.2 Å². The lowest BCUT2D eigenvalue weighted by Crippen LogP contribution is -1.98. The molecule has 0 aliphatic rings. The van der Waals surface area contributed by atoms with Crippen LogP contribution in [0.25, 0.3) is 0 Å². The molecule has 0 saturated carbocycles. The largest absolute Gasteiger partial charge is 0.480 e. The smallest absolute Gasteiger partial charge is 0.335 e. The molecule has 18 heavy (non-hydrogen) atoms. The number of aromatic carboxylic acids is 1. The Labute approximate surface area is 103 Å². The second kappa shape index (κ2) is 5.13. The molecule has 0 atom stereocenters. The maximum atomic E-state index is 10.7. The minimum absolute atomic E-state index is 0.234. The van der Waals surface area contributed by atoms with E-state index in [1.54, 1.807) is 18.3 Å². The van der Waals surface area contributed by atoms with Gasteiger partial charge in [0.15, 0.2) is 5.82 Å². The van der Waals surface area contributed by atoms with Gasteiger partial charge in [0.05, 0.1) is 25.1 Å². The number of nitrogens with zero attached hydrogens (tertiary/aromatic N) is 2. The second-order valence-electron chi connectivity index (χ2n) is 3.45. The Kier molecular flexibility index (Phi) is 3.38. The number of anilines is 2. The maximum Gasteiger partial charge on any atom is 0.335 e. The van der Waals surface area contributed by atoms with Crippen LogP contribution in [0.5, 0.6) is 5.88 Å². The van der Waals surface area contributed by atoms with Gasteiger partial charge in [0.2, 0.25) is 5.88 Å². The summed E-state index contributed by atoms with van der Waals surface area (Å²) in [7, 11) is 1.51. The van der Waals surface area contributed by atoms with Gasteiger partial charge in [0.25, 0.3) is 0 Å². The number of carbonyl (C=O) groups is 1. The van der Waals surface area contributed by atoms with E-state index in [9.17, 15) is 4.79 Å². The van der Waals surface area contributed by atoms with Crippen LogP contribution < -0.4 is 10.1 Å². The van der Waals surface area contributed by atoms with E-state index < -0.39 is 5.97 Å². The van der Waals surface area contributed by atoms with Crippen molar-refractivity contribution in [3.05, 3.63) is 42.2 Å². The van der Waals surface area contributed by atoms with Crippen LogP contribution in [0, 0.1) is 0 Å². The highest BCUT2D eigenvalue weighted by atomic mass is 16.5. The molecule has 2 aromatic rings. The highest BCUT2D eigenvalue weighted by Crippen LogP contribution is 2.16. The summed E-state index contributed by atoms with van der Waals surface area (Å²) in [5.74, 6) is -0.0256. The Bertz CT molecular complexity index is 555. The lowest BCUT2D eigenvalue weighted by Gasteiger charge is -2.06. The Balaban J connectivity index is 2.15.